The average Bonchev–Trinajstić information content (AvgIpc) is 2.84. The van der Waals surface area contributed by atoms with Crippen LogP contribution in [0.2, 0.25) is 0 Å². The maximum absolute atomic E-state index is 13.7. The first-order chi connectivity index (χ1) is 18.0. The third kappa shape index (κ3) is 3.67. The number of carbonyl (C=O) groups excluding carboxylic acids is 2. The third-order valence-electron chi connectivity index (χ3n) is 13.3. The second-order valence-corrected chi connectivity index (χ2v) is 15.7. The van der Waals surface area contributed by atoms with Crippen LogP contribution in [0.15, 0.2) is 11.6 Å². The van der Waals surface area contributed by atoms with E-state index in [1.807, 2.05) is 0 Å². The molecule has 5 aliphatic rings. The molecule has 8 unspecified atom stereocenters. The molecule has 5 aliphatic carbocycles. The molecule has 4 saturated carbocycles. The number of rotatable bonds is 3. The van der Waals surface area contributed by atoms with E-state index in [9.17, 15) is 19.5 Å². The van der Waals surface area contributed by atoms with Gasteiger partial charge < -0.3 is 14.6 Å². The minimum atomic E-state index is -0.976. The van der Waals surface area contributed by atoms with E-state index in [1.54, 1.807) is 0 Å². The molecule has 218 valence electrons. The number of carboxylic acids is 1. The molecule has 0 radical (unpaired) electrons. The number of fused-ring (bicyclic) bond motifs is 7. The highest BCUT2D eigenvalue weighted by molar-refractivity contribution is 5.84. The van der Waals surface area contributed by atoms with Crippen molar-refractivity contribution in [1.29, 1.82) is 0 Å². The van der Waals surface area contributed by atoms with Crippen LogP contribution in [0.1, 0.15) is 113 Å². The predicted molar refractivity (Wildman–Crippen MR) is 149 cm³/mol. The van der Waals surface area contributed by atoms with Gasteiger partial charge in [0.25, 0.3) is 0 Å². The first-order valence-corrected chi connectivity index (χ1v) is 15.2. The van der Waals surface area contributed by atoms with Gasteiger partial charge in [0.05, 0.1) is 17.9 Å². The van der Waals surface area contributed by atoms with E-state index in [-0.39, 0.29) is 46.1 Å². The fourth-order valence-corrected chi connectivity index (χ4v) is 11.3. The van der Waals surface area contributed by atoms with E-state index in [2.05, 4.69) is 47.6 Å². The lowest BCUT2D eigenvalue weighted by atomic mass is 9.33. The Morgan fingerprint density at radius 3 is 2.18 bits per heavy atom. The van der Waals surface area contributed by atoms with E-state index >= 15 is 0 Å². The van der Waals surface area contributed by atoms with Crippen molar-refractivity contribution < 1.29 is 29.0 Å². The van der Waals surface area contributed by atoms with Gasteiger partial charge in [0.1, 0.15) is 6.10 Å². The molecule has 0 aromatic carbocycles. The summed E-state index contributed by atoms with van der Waals surface area (Å²) >= 11 is 0. The maximum Gasteiger partial charge on any atom is 0.314 e. The van der Waals surface area contributed by atoms with Gasteiger partial charge in [-0.15, -0.1) is 0 Å². The topological polar surface area (TPSA) is 89.9 Å². The van der Waals surface area contributed by atoms with Crippen molar-refractivity contribution in [3.63, 3.8) is 0 Å². The minimum absolute atomic E-state index is 0.0467. The number of ether oxygens (including phenoxy) is 2. The van der Waals surface area contributed by atoms with E-state index < -0.39 is 22.2 Å². The van der Waals surface area contributed by atoms with Crippen molar-refractivity contribution >= 4 is 17.9 Å². The predicted octanol–water partition coefficient (Wildman–Crippen LogP) is 6.96. The Labute approximate surface area is 234 Å². The van der Waals surface area contributed by atoms with Crippen molar-refractivity contribution in [3.05, 3.63) is 11.6 Å². The monoisotopic (exact) mass is 542 g/mol. The second kappa shape index (κ2) is 8.82. The van der Waals surface area contributed by atoms with Gasteiger partial charge in [-0.05, 0) is 98.2 Å². The van der Waals surface area contributed by atoms with Crippen LogP contribution in [0, 0.1) is 50.2 Å². The van der Waals surface area contributed by atoms with Crippen molar-refractivity contribution in [2.24, 2.45) is 50.2 Å². The second-order valence-electron chi connectivity index (χ2n) is 15.7. The number of methoxy groups -OCH3 is 1. The summed E-state index contributed by atoms with van der Waals surface area (Å²) in [5.74, 6) is -0.636. The summed E-state index contributed by atoms with van der Waals surface area (Å²) in [6.07, 6.45) is 10.1. The molecule has 4 fully saturated rings. The molecule has 0 spiro atoms. The van der Waals surface area contributed by atoms with Crippen LogP contribution in [0.4, 0.5) is 0 Å². The van der Waals surface area contributed by atoms with Gasteiger partial charge >= 0.3 is 17.9 Å². The van der Waals surface area contributed by atoms with Crippen LogP contribution in [0.25, 0.3) is 0 Å². The molecule has 0 saturated heterocycles. The van der Waals surface area contributed by atoms with Crippen LogP contribution in [-0.2, 0) is 23.9 Å². The number of allylic oxidation sites excluding steroid dienone is 1. The van der Waals surface area contributed by atoms with Crippen LogP contribution in [-0.4, -0.2) is 36.2 Å². The highest BCUT2D eigenvalue weighted by atomic mass is 16.5. The van der Waals surface area contributed by atoms with Gasteiger partial charge in [0.15, 0.2) is 0 Å². The largest absolute Gasteiger partial charge is 0.481 e. The number of hydrogen-bond donors (Lipinski definition) is 1. The highest BCUT2D eigenvalue weighted by Gasteiger charge is 2.73. The van der Waals surface area contributed by atoms with Gasteiger partial charge in [-0.1, -0.05) is 53.2 Å². The Kier molecular flexibility index (Phi) is 6.49. The van der Waals surface area contributed by atoms with Crippen LogP contribution in [0.3, 0.4) is 0 Å². The fourth-order valence-electron chi connectivity index (χ4n) is 11.3. The molecule has 6 heteroatoms. The summed E-state index contributed by atoms with van der Waals surface area (Å²) in [5.41, 5.74) is -1.18. The molecular weight excluding hydrogens is 492 g/mol. The Morgan fingerprint density at radius 1 is 0.897 bits per heavy atom. The van der Waals surface area contributed by atoms with Crippen LogP contribution >= 0.6 is 0 Å². The van der Waals surface area contributed by atoms with Gasteiger partial charge in [0, 0.05) is 12.3 Å². The summed E-state index contributed by atoms with van der Waals surface area (Å²) in [5, 5.41) is 11.2. The zero-order valence-corrected chi connectivity index (χ0v) is 25.4. The molecule has 8 atom stereocenters. The molecule has 1 N–H and O–H groups in total. The van der Waals surface area contributed by atoms with Crippen molar-refractivity contribution in [2.45, 2.75) is 119 Å². The molecule has 0 aliphatic heterocycles. The Hall–Kier alpha value is -1.85. The summed E-state index contributed by atoms with van der Waals surface area (Å²) in [7, 11) is 1.48. The van der Waals surface area contributed by atoms with Gasteiger partial charge in [-0.3, -0.25) is 14.4 Å². The molecule has 39 heavy (non-hydrogen) atoms. The molecule has 5 rings (SSSR count). The normalized spacial score (nSPS) is 45.8. The quantitative estimate of drug-likeness (QED) is 0.306. The zero-order chi connectivity index (χ0) is 28.8. The molecule has 0 amide bonds. The lowest BCUT2D eigenvalue weighted by Gasteiger charge is -2.70. The lowest BCUT2D eigenvalue weighted by molar-refractivity contribution is -0.221. The summed E-state index contributed by atoms with van der Waals surface area (Å²) < 4.78 is 11.3. The number of carbonyl (C=O) groups is 3. The number of esters is 2. The summed E-state index contributed by atoms with van der Waals surface area (Å²) in [6.45, 7) is 15.2. The molecule has 0 aromatic heterocycles. The van der Waals surface area contributed by atoms with Crippen LogP contribution < -0.4 is 0 Å². The Bertz CT molecular complexity index is 1100. The number of hydrogen-bond acceptors (Lipinski definition) is 5. The maximum atomic E-state index is 13.7. The first kappa shape index (κ1) is 28.7. The number of carboxylic acid groups (broad SMARTS) is 1. The summed E-state index contributed by atoms with van der Waals surface area (Å²) in [6, 6.07) is 0. The SMILES string of the molecule is COC(=O)C12CCC(C)(C)CC1C1=CCC3C4(C)CCC(OC(C)=O)C(C)(C)C4CCC3(C)C1(C(=O)O)CC2. The third-order valence-corrected chi connectivity index (χ3v) is 13.3. The fraction of sp³-hybridized carbons (Fsp3) is 0.848. The summed E-state index contributed by atoms with van der Waals surface area (Å²) in [4.78, 5) is 39.1. The standard InChI is InChI=1S/C33H50O6/c1-20(34)39-25-12-13-30(6)23(29(25,4)5)11-14-31(7)24(30)10-9-21-22-19-28(2,3)15-16-32(22,27(37)38-8)17-18-33(21,31)26(35)36/h9,22-25H,10-19H2,1-8H3,(H,35,36). The van der Waals surface area contributed by atoms with E-state index in [0.717, 1.165) is 56.9 Å². The lowest BCUT2D eigenvalue weighted by Crippen LogP contribution is -2.67. The smallest absolute Gasteiger partial charge is 0.314 e. The molecule has 0 aromatic rings. The Balaban J connectivity index is 1.62. The van der Waals surface area contributed by atoms with Crippen molar-refractivity contribution in [1.82, 2.24) is 0 Å². The van der Waals surface area contributed by atoms with E-state index in [4.69, 9.17) is 9.47 Å². The van der Waals surface area contributed by atoms with E-state index in [1.165, 1.54) is 14.0 Å². The van der Waals surface area contributed by atoms with Gasteiger partial charge in [-0.25, -0.2) is 0 Å². The minimum Gasteiger partial charge on any atom is -0.481 e. The van der Waals surface area contributed by atoms with Crippen LogP contribution in [0.5, 0.6) is 0 Å². The van der Waals surface area contributed by atoms with Crippen molar-refractivity contribution in [3.8, 4) is 0 Å². The molecule has 0 bridgehead atoms. The average molecular weight is 543 g/mol. The Morgan fingerprint density at radius 2 is 1.56 bits per heavy atom. The van der Waals surface area contributed by atoms with Crippen molar-refractivity contribution in [2.75, 3.05) is 7.11 Å². The van der Waals surface area contributed by atoms with E-state index in [0.29, 0.717) is 18.8 Å². The van der Waals surface area contributed by atoms with Gasteiger partial charge in [-0.2, -0.15) is 0 Å². The van der Waals surface area contributed by atoms with Gasteiger partial charge in [0.2, 0.25) is 0 Å². The number of aliphatic carboxylic acids is 1. The first-order valence-electron chi connectivity index (χ1n) is 15.2. The molecule has 0 heterocycles. The zero-order valence-electron chi connectivity index (χ0n) is 25.4. The molecule has 6 nitrogen and oxygen atoms in total. The molecular formula is C33H50O6. The highest BCUT2D eigenvalue weighted by Crippen LogP contribution is 2.76.